The maximum atomic E-state index is 10.9. The van der Waals surface area contributed by atoms with E-state index in [0.717, 1.165) is 22.3 Å². The second-order valence-electron chi connectivity index (χ2n) is 4.91. The minimum absolute atomic E-state index is 0.0819. The molecule has 0 saturated heterocycles. The van der Waals surface area contributed by atoms with Crippen molar-refractivity contribution in [3.8, 4) is 5.75 Å². The zero-order valence-electron chi connectivity index (χ0n) is 11.8. The van der Waals surface area contributed by atoms with Crippen LogP contribution in [0.25, 0.3) is 10.9 Å². The molecule has 0 amide bonds. The average molecular weight is 274 g/mol. The van der Waals surface area contributed by atoms with Gasteiger partial charge in [-0.2, -0.15) is 0 Å². The van der Waals surface area contributed by atoms with E-state index in [1.807, 2.05) is 32.0 Å². The third-order valence-corrected chi connectivity index (χ3v) is 2.83. The normalized spacial score (nSPS) is 12.4. The van der Waals surface area contributed by atoms with Gasteiger partial charge in [0.2, 0.25) is 0 Å². The Balaban J connectivity index is 2.40. The van der Waals surface area contributed by atoms with Gasteiger partial charge in [-0.15, -0.1) is 0 Å². The number of fused-ring (bicyclic) bond motifs is 1. The second-order valence-corrected chi connectivity index (χ2v) is 4.91. The third kappa shape index (κ3) is 3.17. The van der Waals surface area contributed by atoms with Crippen LogP contribution in [0.1, 0.15) is 20.8 Å². The first-order chi connectivity index (χ1) is 9.47. The third-order valence-electron chi connectivity index (χ3n) is 2.83. The fraction of sp³-hybridized carbons (Fsp3) is 0.333. The Morgan fingerprint density at radius 3 is 2.70 bits per heavy atom. The maximum Gasteiger partial charge on any atom is 0.325 e. The Kier molecular flexibility index (Phi) is 4.08. The highest BCUT2D eigenvalue weighted by Crippen LogP contribution is 2.27. The van der Waals surface area contributed by atoms with Crippen molar-refractivity contribution in [3.63, 3.8) is 0 Å². The van der Waals surface area contributed by atoms with E-state index in [1.54, 1.807) is 19.2 Å². The molecule has 106 valence electrons. The van der Waals surface area contributed by atoms with Crippen LogP contribution < -0.4 is 10.1 Å². The summed E-state index contributed by atoms with van der Waals surface area (Å²) in [7, 11) is 0. The van der Waals surface area contributed by atoms with Crippen molar-refractivity contribution in [2.45, 2.75) is 32.9 Å². The smallest absolute Gasteiger partial charge is 0.325 e. The summed E-state index contributed by atoms with van der Waals surface area (Å²) in [6.45, 7) is 5.52. The lowest BCUT2D eigenvalue weighted by molar-refractivity contribution is -0.137. The van der Waals surface area contributed by atoms with Crippen molar-refractivity contribution >= 4 is 22.6 Å². The van der Waals surface area contributed by atoms with E-state index in [2.05, 4.69) is 10.3 Å². The summed E-state index contributed by atoms with van der Waals surface area (Å²) in [6.07, 6.45) is 1.74. The molecule has 1 aromatic heterocycles. The van der Waals surface area contributed by atoms with E-state index in [1.165, 1.54) is 0 Å². The summed E-state index contributed by atoms with van der Waals surface area (Å²) < 4.78 is 5.66. The van der Waals surface area contributed by atoms with Crippen molar-refractivity contribution in [2.24, 2.45) is 0 Å². The number of carboxylic acids is 1. The van der Waals surface area contributed by atoms with Gasteiger partial charge < -0.3 is 15.2 Å². The Morgan fingerprint density at radius 1 is 1.30 bits per heavy atom. The van der Waals surface area contributed by atoms with Crippen molar-refractivity contribution in [1.82, 2.24) is 4.98 Å². The number of nitrogens with one attached hydrogen (secondary N) is 1. The summed E-state index contributed by atoms with van der Waals surface area (Å²) in [5.41, 5.74) is 1.53. The summed E-state index contributed by atoms with van der Waals surface area (Å²) in [5, 5.41) is 12.8. The molecule has 0 bridgehead atoms. The van der Waals surface area contributed by atoms with Gasteiger partial charge in [-0.1, -0.05) is 0 Å². The number of nitrogens with zero attached hydrogens (tertiary/aromatic N) is 1. The van der Waals surface area contributed by atoms with Gasteiger partial charge in [-0.25, -0.2) is 0 Å². The Morgan fingerprint density at radius 2 is 2.05 bits per heavy atom. The first kappa shape index (κ1) is 14.1. The number of rotatable bonds is 5. The standard InChI is InChI=1S/C15H18N2O3/c1-9(2)20-11-4-5-13-12(8-11)14(6-7-16-13)17-10(3)15(18)19/h4-10H,1-3H3,(H,16,17)(H,18,19)/t10-/m0/s1. The van der Waals surface area contributed by atoms with Crippen LogP contribution in [0.2, 0.25) is 0 Å². The van der Waals surface area contributed by atoms with E-state index >= 15 is 0 Å². The molecule has 0 saturated carbocycles. The molecule has 1 heterocycles. The summed E-state index contributed by atoms with van der Waals surface area (Å²) in [4.78, 5) is 15.2. The minimum Gasteiger partial charge on any atom is -0.491 e. The Labute approximate surface area is 117 Å². The van der Waals surface area contributed by atoms with Gasteiger partial charge in [0.15, 0.2) is 0 Å². The molecule has 5 nitrogen and oxygen atoms in total. The number of carboxylic acid groups (broad SMARTS) is 1. The number of ether oxygens (including phenoxy) is 1. The minimum atomic E-state index is -0.899. The molecular weight excluding hydrogens is 256 g/mol. The maximum absolute atomic E-state index is 10.9. The van der Waals surface area contributed by atoms with E-state index in [0.29, 0.717) is 0 Å². The van der Waals surface area contributed by atoms with Crippen molar-refractivity contribution in [1.29, 1.82) is 0 Å². The highest BCUT2D eigenvalue weighted by molar-refractivity contribution is 5.93. The quantitative estimate of drug-likeness (QED) is 0.877. The zero-order valence-corrected chi connectivity index (χ0v) is 11.8. The fourth-order valence-corrected chi connectivity index (χ4v) is 1.89. The average Bonchev–Trinajstić information content (AvgIpc) is 2.38. The predicted octanol–water partition coefficient (Wildman–Crippen LogP) is 2.91. The molecule has 1 atom stereocenters. The van der Waals surface area contributed by atoms with Crippen LogP contribution in [0.15, 0.2) is 30.5 Å². The van der Waals surface area contributed by atoms with Crippen molar-refractivity contribution in [3.05, 3.63) is 30.5 Å². The number of pyridine rings is 1. The number of aromatic nitrogens is 1. The lowest BCUT2D eigenvalue weighted by Crippen LogP contribution is -2.25. The molecular formula is C15H18N2O3. The van der Waals surface area contributed by atoms with Crippen LogP contribution in [0.5, 0.6) is 5.75 Å². The first-order valence-electron chi connectivity index (χ1n) is 6.52. The molecule has 0 radical (unpaired) electrons. The number of benzene rings is 1. The van der Waals surface area contributed by atoms with Gasteiger partial charge in [0.1, 0.15) is 11.8 Å². The van der Waals surface area contributed by atoms with E-state index in [-0.39, 0.29) is 6.10 Å². The molecule has 2 N–H and O–H groups in total. The molecule has 0 aliphatic carbocycles. The monoisotopic (exact) mass is 274 g/mol. The predicted molar refractivity (Wildman–Crippen MR) is 78.2 cm³/mol. The second kappa shape index (κ2) is 5.77. The summed E-state index contributed by atoms with van der Waals surface area (Å²) in [5.74, 6) is -0.156. The molecule has 5 heteroatoms. The molecule has 0 spiro atoms. The van der Waals surface area contributed by atoms with Gasteiger partial charge in [0, 0.05) is 17.3 Å². The first-order valence-corrected chi connectivity index (χ1v) is 6.52. The summed E-state index contributed by atoms with van der Waals surface area (Å²) in [6, 6.07) is 6.69. The number of aliphatic carboxylic acids is 1. The Hall–Kier alpha value is -2.30. The van der Waals surface area contributed by atoms with E-state index in [9.17, 15) is 4.79 Å². The lowest BCUT2D eigenvalue weighted by Gasteiger charge is -2.14. The summed E-state index contributed by atoms with van der Waals surface area (Å²) >= 11 is 0. The topological polar surface area (TPSA) is 71.5 Å². The van der Waals surface area contributed by atoms with Crippen LogP contribution in [-0.2, 0) is 4.79 Å². The molecule has 0 aliphatic heterocycles. The number of carbonyl (C=O) groups is 1. The number of anilines is 1. The molecule has 20 heavy (non-hydrogen) atoms. The molecule has 2 aromatic rings. The molecule has 0 fully saturated rings. The highest BCUT2D eigenvalue weighted by atomic mass is 16.5. The molecule has 0 unspecified atom stereocenters. The van der Waals surface area contributed by atoms with Crippen LogP contribution in [0, 0.1) is 0 Å². The van der Waals surface area contributed by atoms with Crippen LogP contribution in [0.4, 0.5) is 5.69 Å². The fourth-order valence-electron chi connectivity index (χ4n) is 1.89. The van der Waals surface area contributed by atoms with Gasteiger partial charge in [0.05, 0.1) is 11.6 Å². The van der Waals surface area contributed by atoms with E-state index in [4.69, 9.17) is 9.84 Å². The molecule has 0 aliphatic rings. The largest absolute Gasteiger partial charge is 0.491 e. The van der Waals surface area contributed by atoms with Gasteiger partial charge in [0.25, 0.3) is 0 Å². The van der Waals surface area contributed by atoms with Gasteiger partial charge in [-0.05, 0) is 45.0 Å². The van der Waals surface area contributed by atoms with Gasteiger partial charge in [-0.3, -0.25) is 9.78 Å². The van der Waals surface area contributed by atoms with Crippen molar-refractivity contribution < 1.29 is 14.6 Å². The zero-order chi connectivity index (χ0) is 14.7. The number of hydrogen-bond donors (Lipinski definition) is 2. The van der Waals surface area contributed by atoms with Crippen LogP contribution in [0.3, 0.4) is 0 Å². The Bertz CT molecular complexity index is 626. The van der Waals surface area contributed by atoms with Crippen LogP contribution in [-0.4, -0.2) is 28.2 Å². The molecule has 2 rings (SSSR count). The highest BCUT2D eigenvalue weighted by Gasteiger charge is 2.12. The van der Waals surface area contributed by atoms with Crippen molar-refractivity contribution in [2.75, 3.05) is 5.32 Å². The van der Waals surface area contributed by atoms with Crippen LogP contribution >= 0.6 is 0 Å². The molecule has 1 aromatic carbocycles. The lowest BCUT2D eigenvalue weighted by atomic mass is 10.1. The number of hydrogen-bond acceptors (Lipinski definition) is 4. The SMILES string of the molecule is CC(C)Oc1ccc2nccc(N[C@@H](C)C(=O)O)c2c1. The van der Waals surface area contributed by atoms with Gasteiger partial charge >= 0.3 is 5.97 Å². The van der Waals surface area contributed by atoms with E-state index < -0.39 is 12.0 Å².